The molecule has 1 heterocycles. The molecular weight excluding hydrogens is 390 g/mol. The molecule has 1 saturated heterocycles. The van der Waals surface area contributed by atoms with Gasteiger partial charge in [0.15, 0.2) is 9.84 Å². The zero-order valence-electron chi connectivity index (χ0n) is 16.6. The number of nitrogens with one attached hydrogen (secondary N) is 1. The normalized spacial score (nSPS) is 16.2. The summed E-state index contributed by atoms with van der Waals surface area (Å²) in [6, 6.07) is 16.0. The predicted molar refractivity (Wildman–Crippen MR) is 111 cm³/mol. The standard InChI is InChI=1S/C22H27NO5S/c1-27-20-10-6-5-9-19(20)22(12-14-28-15-13-22)17-23-21(24)11-16-29(25,26)18-7-3-2-4-8-18/h2-10H,11-17H2,1H3,(H,23,24). The maximum absolute atomic E-state index is 12.5. The summed E-state index contributed by atoms with van der Waals surface area (Å²) in [5, 5.41) is 2.95. The molecule has 29 heavy (non-hydrogen) atoms. The molecule has 0 bridgehead atoms. The van der Waals surface area contributed by atoms with Gasteiger partial charge >= 0.3 is 0 Å². The summed E-state index contributed by atoms with van der Waals surface area (Å²) in [6.45, 7) is 1.63. The highest BCUT2D eigenvalue weighted by atomic mass is 32.2. The van der Waals surface area contributed by atoms with Gasteiger partial charge in [-0.25, -0.2) is 8.42 Å². The Morgan fingerprint density at radius 2 is 1.72 bits per heavy atom. The first-order chi connectivity index (χ1) is 14.0. The second kappa shape index (κ2) is 9.41. The van der Waals surface area contributed by atoms with Crippen molar-refractivity contribution in [2.75, 3.05) is 32.6 Å². The summed E-state index contributed by atoms with van der Waals surface area (Å²) >= 11 is 0. The van der Waals surface area contributed by atoms with Crippen LogP contribution in [0.4, 0.5) is 0 Å². The molecule has 1 fully saturated rings. The Bertz CT molecular complexity index is 921. The van der Waals surface area contributed by atoms with Gasteiger partial charge < -0.3 is 14.8 Å². The molecule has 2 aromatic rings. The Hall–Kier alpha value is -2.38. The highest BCUT2D eigenvalue weighted by Gasteiger charge is 2.37. The topological polar surface area (TPSA) is 81.7 Å². The summed E-state index contributed by atoms with van der Waals surface area (Å²) < 4.78 is 35.9. The predicted octanol–water partition coefficient (Wildman–Crippen LogP) is 2.72. The molecule has 0 spiro atoms. The van der Waals surface area contributed by atoms with E-state index in [0.717, 1.165) is 24.2 Å². The van der Waals surface area contributed by atoms with Gasteiger partial charge in [0.25, 0.3) is 0 Å². The van der Waals surface area contributed by atoms with Gasteiger partial charge in [-0.1, -0.05) is 36.4 Å². The van der Waals surface area contributed by atoms with Gasteiger partial charge in [0.1, 0.15) is 5.75 Å². The minimum atomic E-state index is -3.48. The van der Waals surface area contributed by atoms with E-state index in [0.29, 0.717) is 19.8 Å². The number of ether oxygens (including phenoxy) is 2. The second-order valence-corrected chi connectivity index (χ2v) is 9.36. The third-order valence-corrected chi connectivity index (χ3v) is 7.18. The summed E-state index contributed by atoms with van der Waals surface area (Å²) in [4.78, 5) is 12.7. The number of hydrogen-bond donors (Lipinski definition) is 1. The number of benzene rings is 2. The van der Waals surface area contributed by atoms with E-state index in [9.17, 15) is 13.2 Å². The molecule has 1 N–H and O–H groups in total. The molecule has 1 aliphatic rings. The van der Waals surface area contributed by atoms with Crippen LogP contribution >= 0.6 is 0 Å². The average molecular weight is 418 g/mol. The molecule has 0 aromatic heterocycles. The van der Waals surface area contributed by atoms with Crippen LogP contribution in [0.5, 0.6) is 5.75 Å². The lowest BCUT2D eigenvalue weighted by molar-refractivity contribution is -0.121. The van der Waals surface area contributed by atoms with Crippen molar-refractivity contribution in [3.63, 3.8) is 0 Å². The monoisotopic (exact) mass is 417 g/mol. The number of rotatable bonds is 8. The van der Waals surface area contributed by atoms with Crippen molar-refractivity contribution in [2.24, 2.45) is 0 Å². The van der Waals surface area contributed by atoms with Crippen molar-refractivity contribution in [1.29, 1.82) is 0 Å². The van der Waals surface area contributed by atoms with Crippen molar-refractivity contribution >= 4 is 15.7 Å². The van der Waals surface area contributed by atoms with Gasteiger partial charge in [-0.2, -0.15) is 0 Å². The number of carbonyl (C=O) groups is 1. The maximum Gasteiger partial charge on any atom is 0.221 e. The van der Waals surface area contributed by atoms with E-state index < -0.39 is 9.84 Å². The molecule has 6 nitrogen and oxygen atoms in total. The Morgan fingerprint density at radius 3 is 2.41 bits per heavy atom. The molecule has 1 amide bonds. The Labute approximate surface area is 172 Å². The fraction of sp³-hybridized carbons (Fsp3) is 0.409. The zero-order chi connectivity index (χ0) is 20.7. The van der Waals surface area contributed by atoms with E-state index in [2.05, 4.69) is 5.32 Å². The van der Waals surface area contributed by atoms with Crippen LogP contribution in [0, 0.1) is 0 Å². The molecule has 1 aliphatic heterocycles. The van der Waals surface area contributed by atoms with Crippen molar-refractivity contribution < 1.29 is 22.7 Å². The molecular formula is C22H27NO5S. The quantitative estimate of drug-likeness (QED) is 0.714. The summed E-state index contributed by atoms with van der Waals surface area (Å²) in [5.74, 6) is 0.300. The number of para-hydroxylation sites is 1. The fourth-order valence-corrected chi connectivity index (χ4v) is 4.98. The van der Waals surface area contributed by atoms with Gasteiger partial charge in [-0.3, -0.25) is 4.79 Å². The van der Waals surface area contributed by atoms with Crippen LogP contribution in [-0.2, 0) is 24.8 Å². The zero-order valence-corrected chi connectivity index (χ0v) is 17.4. The molecule has 0 radical (unpaired) electrons. The number of amides is 1. The third-order valence-electron chi connectivity index (χ3n) is 5.45. The Kier molecular flexibility index (Phi) is 6.92. The van der Waals surface area contributed by atoms with Gasteiger partial charge in [0.05, 0.1) is 17.8 Å². The van der Waals surface area contributed by atoms with Crippen molar-refractivity contribution in [3.05, 3.63) is 60.2 Å². The third kappa shape index (κ3) is 5.16. The Balaban J connectivity index is 1.66. The van der Waals surface area contributed by atoms with Gasteiger partial charge in [-0.15, -0.1) is 0 Å². The van der Waals surface area contributed by atoms with Crippen LogP contribution in [0.25, 0.3) is 0 Å². The van der Waals surface area contributed by atoms with E-state index >= 15 is 0 Å². The second-order valence-electron chi connectivity index (χ2n) is 7.25. The lowest BCUT2D eigenvalue weighted by Crippen LogP contribution is -2.45. The minimum absolute atomic E-state index is 0.0737. The highest BCUT2D eigenvalue weighted by Crippen LogP contribution is 2.39. The van der Waals surface area contributed by atoms with E-state index in [4.69, 9.17) is 9.47 Å². The summed E-state index contributed by atoms with van der Waals surface area (Å²) in [6.07, 6.45) is 1.45. The number of hydrogen-bond acceptors (Lipinski definition) is 5. The number of methoxy groups -OCH3 is 1. The molecule has 0 saturated carbocycles. The molecule has 156 valence electrons. The summed E-state index contributed by atoms with van der Waals surface area (Å²) in [7, 11) is -1.84. The first kappa shape index (κ1) is 21.3. The lowest BCUT2D eigenvalue weighted by Gasteiger charge is -2.38. The fourth-order valence-electron chi connectivity index (χ4n) is 3.72. The number of carbonyl (C=O) groups excluding carboxylic acids is 1. The largest absolute Gasteiger partial charge is 0.496 e. The summed E-state index contributed by atoms with van der Waals surface area (Å²) in [5.41, 5.74) is 0.752. The highest BCUT2D eigenvalue weighted by molar-refractivity contribution is 7.91. The molecule has 0 aliphatic carbocycles. The average Bonchev–Trinajstić information content (AvgIpc) is 2.77. The van der Waals surface area contributed by atoms with Crippen LogP contribution in [0.1, 0.15) is 24.8 Å². The van der Waals surface area contributed by atoms with E-state index in [1.165, 1.54) is 0 Å². The van der Waals surface area contributed by atoms with E-state index in [-0.39, 0.29) is 28.4 Å². The SMILES string of the molecule is COc1ccccc1C1(CNC(=O)CCS(=O)(=O)c2ccccc2)CCOCC1. The minimum Gasteiger partial charge on any atom is -0.496 e. The van der Waals surface area contributed by atoms with Gasteiger partial charge in [-0.05, 0) is 31.0 Å². The van der Waals surface area contributed by atoms with Crippen molar-refractivity contribution in [2.45, 2.75) is 29.6 Å². The van der Waals surface area contributed by atoms with Crippen molar-refractivity contribution in [1.82, 2.24) is 5.32 Å². The molecule has 0 unspecified atom stereocenters. The van der Waals surface area contributed by atoms with Crippen LogP contribution < -0.4 is 10.1 Å². The smallest absolute Gasteiger partial charge is 0.221 e. The van der Waals surface area contributed by atoms with E-state index in [1.54, 1.807) is 37.4 Å². The van der Waals surface area contributed by atoms with Crippen LogP contribution in [-0.4, -0.2) is 46.9 Å². The first-order valence-electron chi connectivity index (χ1n) is 9.73. The number of sulfone groups is 1. The molecule has 0 atom stereocenters. The van der Waals surface area contributed by atoms with Crippen LogP contribution in [0.2, 0.25) is 0 Å². The van der Waals surface area contributed by atoms with E-state index in [1.807, 2.05) is 24.3 Å². The molecule has 7 heteroatoms. The maximum atomic E-state index is 12.5. The van der Waals surface area contributed by atoms with Crippen molar-refractivity contribution in [3.8, 4) is 5.75 Å². The molecule has 2 aromatic carbocycles. The van der Waals surface area contributed by atoms with Crippen LogP contribution in [0.15, 0.2) is 59.5 Å². The van der Waals surface area contributed by atoms with Crippen LogP contribution in [0.3, 0.4) is 0 Å². The Morgan fingerprint density at radius 1 is 1.07 bits per heavy atom. The van der Waals surface area contributed by atoms with Gasteiger partial charge in [0.2, 0.25) is 5.91 Å². The first-order valence-corrected chi connectivity index (χ1v) is 11.4. The van der Waals surface area contributed by atoms with Gasteiger partial charge in [0, 0.05) is 37.2 Å². The lowest BCUT2D eigenvalue weighted by atomic mass is 9.73. The molecule has 3 rings (SSSR count).